The Hall–Kier alpha value is -3.22. The summed E-state index contributed by atoms with van der Waals surface area (Å²) in [6.07, 6.45) is -1.84. The summed E-state index contributed by atoms with van der Waals surface area (Å²) in [4.78, 5) is 32.8. The molecule has 0 bridgehead atoms. The minimum atomic E-state index is -4.59. The third-order valence-corrected chi connectivity index (χ3v) is 8.36. The molecule has 1 aromatic carbocycles. The van der Waals surface area contributed by atoms with Crippen LogP contribution in [-0.2, 0) is 6.18 Å². The van der Waals surface area contributed by atoms with Crippen LogP contribution in [0.1, 0.15) is 55.1 Å². The lowest BCUT2D eigenvalue weighted by Gasteiger charge is -2.31. The molecule has 1 atom stereocenters. The average Bonchev–Trinajstić information content (AvgIpc) is 3.65. The van der Waals surface area contributed by atoms with Gasteiger partial charge in [-0.15, -0.1) is 22.7 Å². The number of likely N-dealkylation sites (N-methyl/N-ethyl adjacent to an activating group) is 1. The first-order valence-electron chi connectivity index (χ1n) is 11.7. The first kappa shape index (κ1) is 25.4. The monoisotopic (exact) mass is 547 g/mol. The molecule has 1 fully saturated rings. The Kier molecular flexibility index (Phi) is 7.06. The summed E-state index contributed by atoms with van der Waals surface area (Å²) < 4.78 is 40.0. The zero-order chi connectivity index (χ0) is 26.2. The van der Waals surface area contributed by atoms with Crippen molar-refractivity contribution in [3.05, 3.63) is 79.9 Å². The van der Waals surface area contributed by atoms with Gasteiger partial charge in [0.15, 0.2) is 0 Å². The van der Waals surface area contributed by atoms with Crippen LogP contribution >= 0.6 is 22.7 Å². The number of carbonyl (C=O) groups is 2. The van der Waals surface area contributed by atoms with Gasteiger partial charge in [-0.25, -0.2) is 9.99 Å². The lowest BCUT2D eigenvalue weighted by atomic mass is 9.96. The zero-order valence-corrected chi connectivity index (χ0v) is 21.4. The highest BCUT2D eigenvalue weighted by atomic mass is 32.1. The second-order valence-electron chi connectivity index (χ2n) is 8.88. The normalized spacial score (nSPS) is 19.0. The second-order valence-corrected chi connectivity index (χ2v) is 10.7. The summed E-state index contributed by atoms with van der Waals surface area (Å²) in [6, 6.07) is 8.84. The van der Waals surface area contributed by atoms with Crippen LogP contribution in [0, 0.1) is 0 Å². The molecule has 0 radical (unpaired) electrons. The fourth-order valence-corrected chi connectivity index (χ4v) is 6.15. The van der Waals surface area contributed by atoms with E-state index < -0.39 is 17.6 Å². The van der Waals surface area contributed by atoms with Gasteiger partial charge in [-0.2, -0.15) is 13.2 Å². The number of hydrazine groups is 1. The Bertz CT molecular complexity index is 1310. The van der Waals surface area contributed by atoms with Gasteiger partial charge in [0.05, 0.1) is 26.7 Å². The number of alkyl halides is 3. The fourth-order valence-electron chi connectivity index (χ4n) is 4.48. The number of aromatic nitrogens is 1. The molecule has 0 aliphatic carbocycles. The predicted octanol–water partition coefficient (Wildman–Crippen LogP) is 4.79. The maximum Gasteiger partial charge on any atom is 0.417 e. The Morgan fingerprint density at radius 1 is 1.11 bits per heavy atom. The van der Waals surface area contributed by atoms with Crippen molar-refractivity contribution in [3.63, 3.8) is 0 Å². The van der Waals surface area contributed by atoms with Gasteiger partial charge in [-0.05, 0) is 42.5 Å². The van der Waals surface area contributed by atoms with E-state index in [9.17, 15) is 22.8 Å². The molecule has 12 heteroatoms. The molecule has 2 aromatic heterocycles. The number of hydrogen-bond acceptors (Lipinski definition) is 7. The third kappa shape index (κ3) is 5.41. The third-order valence-electron chi connectivity index (χ3n) is 6.45. The van der Waals surface area contributed by atoms with E-state index in [-0.39, 0.29) is 23.6 Å². The maximum atomic E-state index is 13.3. The highest BCUT2D eigenvalue weighted by Crippen LogP contribution is 2.34. The van der Waals surface area contributed by atoms with Gasteiger partial charge in [0.2, 0.25) is 0 Å². The molecular formula is C25H24F3N5O2S2. The number of piperidine rings is 1. The number of amides is 2. The van der Waals surface area contributed by atoms with Crippen LogP contribution < -0.4 is 10.7 Å². The molecule has 194 valence electrons. The molecular weight excluding hydrogens is 523 g/mol. The van der Waals surface area contributed by atoms with Gasteiger partial charge in [-0.3, -0.25) is 9.59 Å². The number of carbonyl (C=O) groups excluding carboxylic acids is 2. The SMILES string of the molecule is CN1NC(c2cccs2)=CC1NC(=O)c1csc(C2CCN(C(=O)c3ccccc3C(F)(F)F)CC2)n1. The molecule has 37 heavy (non-hydrogen) atoms. The predicted molar refractivity (Wildman–Crippen MR) is 136 cm³/mol. The summed E-state index contributed by atoms with van der Waals surface area (Å²) in [5.41, 5.74) is 3.24. The molecule has 2 amide bonds. The van der Waals surface area contributed by atoms with Gasteiger partial charge >= 0.3 is 6.18 Å². The number of nitrogens with zero attached hydrogens (tertiary/aromatic N) is 3. The summed E-state index contributed by atoms with van der Waals surface area (Å²) in [6.45, 7) is 0.650. The van der Waals surface area contributed by atoms with Crippen LogP contribution in [0.5, 0.6) is 0 Å². The lowest BCUT2D eigenvalue weighted by molar-refractivity contribution is -0.138. The maximum absolute atomic E-state index is 13.3. The van der Waals surface area contributed by atoms with Crippen LogP contribution in [0.3, 0.4) is 0 Å². The summed E-state index contributed by atoms with van der Waals surface area (Å²) in [5, 5.41) is 9.27. The van der Waals surface area contributed by atoms with E-state index in [0.717, 1.165) is 21.6 Å². The number of nitrogens with one attached hydrogen (secondary N) is 2. The molecule has 2 aliphatic rings. The molecule has 0 saturated carbocycles. The van der Waals surface area contributed by atoms with Crippen LogP contribution in [0.4, 0.5) is 13.2 Å². The number of hydrogen-bond donors (Lipinski definition) is 2. The lowest BCUT2D eigenvalue weighted by Crippen LogP contribution is -2.46. The molecule has 0 spiro atoms. The minimum Gasteiger partial charge on any atom is -0.339 e. The second kappa shape index (κ2) is 10.3. The Labute approximate surface area is 219 Å². The van der Waals surface area contributed by atoms with Crippen molar-refractivity contribution in [2.45, 2.75) is 31.1 Å². The van der Waals surface area contributed by atoms with E-state index in [0.29, 0.717) is 31.6 Å². The van der Waals surface area contributed by atoms with Gasteiger partial charge in [-0.1, -0.05) is 18.2 Å². The van der Waals surface area contributed by atoms with E-state index >= 15 is 0 Å². The number of likely N-dealkylation sites (tertiary alicyclic amines) is 1. The first-order valence-corrected chi connectivity index (χ1v) is 13.4. The van der Waals surface area contributed by atoms with E-state index in [1.54, 1.807) is 16.7 Å². The molecule has 1 unspecified atom stereocenters. The largest absolute Gasteiger partial charge is 0.417 e. The van der Waals surface area contributed by atoms with Gasteiger partial charge in [0.1, 0.15) is 11.9 Å². The number of rotatable bonds is 5. The van der Waals surface area contributed by atoms with Gasteiger partial charge < -0.3 is 15.6 Å². The summed E-state index contributed by atoms with van der Waals surface area (Å²) in [7, 11) is 1.84. The minimum absolute atomic E-state index is 0.0367. The zero-order valence-electron chi connectivity index (χ0n) is 19.8. The van der Waals surface area contributed by atoms with Gasteiger partial charge in [0, 0.05) is 31.4 Å². The van der Waals surface area contributed by atoms with Crippen LogP contribution in [0.15, 0.2) is 53.2 Å². The summed E-state index contributed by atoms with van der Waals surface area (Å²) >= 11 is 2.99. The van der Waals surface area contributed by atoms with Crippen LogP contribution in [0.2, 0.25) is 0 Å². The van der Waals surface area contributed by atoms with E-state index in [4.69, 9.17) is 0 Å². The molecule has 1 saturated heterocycles. The Morgan fingerprint density at radius 2 is 1.86 bits per heavy atom. The molecule has 5 rings (SSSR count). The van der Waals surface area contributed by atoms with Crippen molar-refractivity contribution in [3.8, 4) is 0 Å². The number of benzene rings is 1. The standard InChI is InChI=1S/C25H24F3N5O2S2/c1-32-21(13-18(31-32)20-7-4-12-36-20)30-22(34)19-14-37-23(29-19)15-8-10-33(11-9-15)24(35)16-5-2-3-6-17(16)25(26,27)28/h2-7,12-15,21,31H,8-11H2,1H3,(H,30,34). The van der Waals surface area contributed by atoms with Crippen LogP contribution in [0.25, 0.3) is 5.70 Å². The van der Waals surface area contributed by atoms with Crippen molar-refractivity contribution in [2.24, 2.45) is 0 Å². The first-order chi connectivity index (χ1) is 17.7. The van der Waals surface area contributed by atoms with Crippen molar-refractivity contribution in [1.82, 2.24) is 25.6 Å². The average molecular weight is 548 g/mol. The van der Waals surface area contributed by atoms with Gasteiger partial charge in [0.25, 0.3) is 11.8 Å². The quantitative estimate of drug-likeness (QED) is 0.481. The van der Waals surface area contributed by atoms with E-state index in [1.807, 2.05) is 35.6 Å². The molecule has 2 N–H and O–H groups in total. The number of thiophene rings is 1. The van der Waals surface area contributed by atoms with Crippen molar-refractivity contribution in [2.75, 3.05) is 20.1 Å². The van der Waals surface area contributed by atoms with Crippen LogP contribution in [-0.4, -0.2) is 53.0 Å². The van der Waals surface area contributed by atoms with E-state index in [1.165, 1.54) is 34.4 Å². The van der Waals surface area contributed by atoms with Crippen molar-refractivity contribution in [1.29, 1.82) is 0 Å². The van der Waals surface area contributed by atoms with E-state index in [2.05, 4.69) is 15.7 Å². The number of thiazole rings is 1. The molecule has 7 nitrogen and oxygen atoms in total. The topological polar surface area (TPSA) is 77.6 Å². The highest BCUT2D eigenvalue weighted by molar-refractivity contribution is 7.11. The smallest absolute Gasteiger partial charge is 0.339 e. The highest BCUT2D eigenvalue weighted by Gasteiger charge is 2.37. The fraction of sp³-hybridized carbons (Fsp3) is 0.320. The van der Waals surface area contributed by atoms with Crippen molar-refractivity contribution < 1.29 is 22.8 Å². The summed E-state index contributed by atoms with van der Waals surface area (Å²) in [5.74, 6) is -0.870. The Balaban J connectivity index is 1.19. The Morgan fingerprint density at radius 3 is 2.57 bits per heavy atom. The molecule has 3 aromatic rings. The number of halogens is 3. The molecule has 2 aliphatic heterocycles. The molecule has 4 heterocycles. The van der Waals surface area contributed by atoms with Crippen molar-refractivity contribution >= 4 is 40.2 Å².